The second-order valence-corrected chi connectivity index (χ2v) is 13.9. The van der Waals surface area contributed by atoms with Gasteiger partial charge in [-0.1, -0.05) is 0 Å². The minimum absolute atomic E-state index is 0.974. The number of hydrogen-bond donors (Lipinski definition) is 0. The summed E-state index contributed by atoms with van der Waals surface area (Å²) in [6.45, 7) is 6.28. The first-order chi connectivity index (χ1) is 11.8. The fraction of sp³-hybridized carbons (Fsp3) is 0.0870. The maximum atomic E-state index is 4.06. The fourth-order valence-electron chi connectivity index (χ4n) is 3.61. The van der Waals surface area contributed by atoms with Gasteiger partial charge in [0, 0.05) is 0 Å². The number of benzene rings is 3. The number of hydrogen-bond acceptors (Lipinski definition) is 0. The van der Waals surface area contributed by atoms with Crippen molar-refractivity contribution in [1.82, 2.24) is 0 Å². The molecule has 0 fully saturated rings. The Bertz CT molecular complexity index is 732. The van der Waals surface area contributed by atoms with Crippen LogP contribution in [0.15, 0.2) is 108 Å². The second-order valence-electron chi connectivity index (χ2n) is 5.86. The summed E-state index contributed by atoms with van der Waals surface area (Å²) in [7, 11) is 0. The molecular formula is C23H22Ge. The van der Waals surface area contributed by atoms with Crippen LogP contribution in [0.4, 0.5) is 0 Å². The summed E-state index contributed by atoms with van der Waals surface area (Å²) in [5.74, 6) is 0. The maximum absolute atomic E-state index is 4.06. The van der Waals surface area contributed by atoms with E-state index in [1.165, 1.54) is 17.6 Å². The molecule has 0 aliphatic heterocycles. The van der Waals surface area contributed by atoms with Gasteiger partial charge >= 0.3 is 148 Å². The topological polar surface area (TPSA) is 0 Å². The van der Waals surface area contributed by atoms with Gasteiger partial charge in [-0.05, 0) is 0 Å². The predicted molar refractivity (Wildman–Crippen MR) is 107 cm³/mol. The third kappa shape index (κ3) is 2.80. The van der Waals surface area contributed by atoms with Crippen LogP contribution >= 0.6 is 0 Å². The first kappa shape index (κ1) is 16.6. The Labute approximate surface area is 147 Å². The van der Waals surface area contributed by atoms with Crippen molar-refractivity contribution in [2.45, 2.75) is 13.3 Å². The van der Waals surface area contributed by atoms with E-state index >= 15 is 0 Å². The molecule has 0 saturated carbocycles. The van der Waals surface area contributed by atoms with Gasteiger partial charge in [0.1, 0.15) is 0 Å². The average molecular weight is 371 g/mol. The molecule has 3 aromatic carbocycles. The van der Waals surface area contributed by atoms with Crippen LogP contribution in [0.3, 0.4) is 0 Å². The molecule has 0 aromatic heterocycles. The van der Waals surface area contributed by atoms with Gasteiger partial charge in [0.15, 0.2) is 0 Å². The van der Waals surface area contributed by atoms with E-state index in [1.807, 2.05) is 0 Å². The van der Waals surface area contributed by atoms with Gasteiger partial charge in [0.25, 0.3) is 0 Å². The standard InChI is InChI=1S/C23H22Ge/c1-3-20(4-2)24(21-14-8-5-9-15-21,22-16-10-6-11-17-22)23-18-12-7-13-19-23/h5-19H,1,4H2,2H3. The van der Waals surface area contributed by atoms with Crippen LogP contribution in [-0.4, -0.2) is 13.3 Å². The van der Waals surface area contributed by atoms with Crippen molar-refractivity contribution in [2.75, 3.05) is 0 Å². The Morgan fingerprint density at radius 3 is 1.29 bits per heavy atom. The van der Waals surface area contributed by atoms with Crippen molar-refractivity contribution in [2.24, 2.45) is 0 Å². The molecule has 0 N–H and O–H groups in total. The van der Waals surface area contributed by atoms with Gasteiger partial charge in [0.05, 0.1) is 0 Å². The summed E-state index contributed by atoms with van der Waals surface area (Å²) in [5, 5.41) is 0. The summed E-state index contributed by atoms with van der Waals surface area (Å²) in [4.78, 5) is 0. The summed E-state index contributed by atoms with van der Waals surface area (Å²) in [6.07, 6.45) is 0.974. The van der Waals surface area contributed by atoms with E-state index < -0.39 is 13.3 Å². The number of allylic oxidation sites excluding steroid dienone is 1. The van der Waals surface area contributed by atoms with Crippen LogP contribution in [-0.2, 0) is 0 Å². The molecule has 0 unspecified atom stereocenters. The Morgan fingerprint density at radius 1 is 0.708 bits per heavy atom. The zero-order valence-electron chi connectivity index (χ0n) is 14.1. The SMILES string of the molecule is C=C=[C](CC)[Ge]([c]1ccccc1)([c]1ccccc1)[c]1ccccc1. The second kappa shape index (κ2) is 7.53. The van der Waals surface area contributed by atoms with Gasteiger partial charge in [-0.25, -0.2) is 0 Å². The normalized spacial score (nSPS) is 10.9. The minimum atomic E-state index is -2.99. The molecule has 1 heteroatoms. The summed E-state index contributed by atoms with van der Waals surface area (Å²) >= 11 is -2.99. The van der Waals surface area contributed by atoms with E-state index in [0.29, 0.717) is 0 Å². The Balaban J connectivity index is 2.44. The molecule has 0 aliphatic rings. The van der Waals surface area contributed by atoms with E-state index in [-0.39, 0.29) is 0 Å². The summed E-state index contributed by atoms with van der Waals surface area (Å²) in [6, 6.07) is 32.9. The molecule has 0 saturated heterocycles. The summed E-state index contributed by atoms with van der Waals surface area (Å²) in [5.41, 5.74) is 3.34. The van der Waals surface area contributed by atoms with Crippen molar-refractivity contribution >= 4 is 26.5 Å². The van der Waals surface area contributed by atoms with Gasteiger partial charge in [-0.3, -0.25) is 0 Å². The Morgan fingerprint density at radius 2 is 1.04 bits per heavy atom. The van der Waals surface area contributed by atoms with Crippen molar-refractivity contribution in [3.8, 4) is 0 Å². The summed E-state index contributed by atoms with van der Waals surface area (Å²) < 4.78 is 5.67. The van der Waals surface area contributed by atoms with Crippen LogP contribution in [0.25, 0.3) is 0 Å². The van der Waals surface area contributed by atoms with Crippen molar-refractivity contribution in [3.63, 3.8) is 0 Å². The zero-order valence-corrected chi connectivity index (χ0v) is 16.2. The Kier molecular flexibility index (Phi) is 5.20. The van der Waals surface area contributed by atoms with E-state index in [4.69, 9.17) is 0 Å². The van der Waals surface area contributed by atoms with Gasteiger partial charge in [-0.15, -0.1) is 0 Å². The molecule has 0 radical (unpaired) electrons. The molecule has 0 heterocycles. The molecule has 24 heavy (non-hydrogen) atoms. The van der Waals surface area contributed by atoms with Gasteiger partial charge < -0.3 is 0 Å². The van der Waals surface area contributed by atoms with Crippen LogP contribution in [0.5, 0.6) is 0 Å². The first-order valence-corrected chi connectivity index (χ1v) is 12.6. The third-order valence-corrected chi connectivity index (χ3v) is 15.2. The average Bonchev–Trinajstić information content (AvgIpc) is 2.68. The Hall–Kier alpha value is -2.28. The van der Waals surface area contributed by atoms with Crippen molar-refractivity contribution in [3.05, 3.63) is 108 Å². The molecule has 0 atom stereocenters. The van der Waals surface area contributed by atoms with Gasteiger partial charge in [-0.2, -0.15) is 0 Å². The molecule has 0 amide bonds. The number of rotatable bonds is 5. The quantitative estimate of drug-likeness (QED) is 0.473. The zero-order chi connectivity index (χ0) is 16.8. The molecular weight excluding hydrogens is 349 g/mol. The van der Waals surface area contributed by atoms with E-state index in [2.05, 4.69) is 110 Å². The van der Waals surface area contributed by atoms with E-state index in [0.717, 1.165) is 6.42 Å². The van der Waals surface area contributed by atoms with E-state index in [9.17, 15) is 0 Å². The molecule has 118 valence electrons. The third-order valence-electron chi connectivity index (χ3n) is 4.64. The monoisotopic (exact) mass is 372 g/mol. The fourth-order valence-corrected chi connectivity index (χ4v) is 13.9. The predicted octanol–water partition coefficient (Wildman–Crippen LogP) is 3.82. The van der Waals surface area contributed by atoms with Crippen LogP contribution in [0, 0.1) is 0 Å². The molecule has 0 spiro atoms. The molecule has 3 rings (SSSR count). The van der Waals surface area contributed by atoms with Crippen molar-refractivity contribution in [1.29, 1.82) is 0 Å². The van der Waals surface area contributed by atoms with Crippen molar-refractivity contribution < 1.29 is 0 Å². The molecule has 0 aliphatic carbocycles. The van der Waals surface area contributed by atoms with Crippen LogP contribution in [0.1, 0.15) is 13.3 Å². The van der Waals surface area contributed by atoms with Gasteiger partial charge in [0.2, 0.25) is 0 Å². The van der Waals surface area contributed by atoms with Crippen LogP contribution < -0.4 is 13.2 Å². The van der Waals surface area contributed by atoms with Crippen LogP contribution in [0.2, 0.25) is 0 Å². The molecule has 0 nitrogen and oxygen atoms in total. The van der Waals surface area contributed by atoms with E-state index in [1.54, 1.807) is 0 Å². The first-order valence-electron chi connectivity index (χ1n) is 8.40. The molecule has 3 aromatic rings. The molecule has 0 bridgehead atoms.